The molecule has 0 atom stereocenters. The van der Waals surface area contributed by atoms with Crippen molar-refractivity contribution in [2.24, 2.45) is 5.92 Å². The van der Waals surface area contributed by atoms with E-state index in [2.05, 4.69) is 4.72 Å². The number of halogens is 1. The molecule has 0 spiro atoms. The summed E-state index contributed by atoms with van der Waals surface area (Å²) in [7, 11) is -2.19. The monoisotopic (exact) mass is 339 g/mol. The van der Waals surface area contributed by atoms with Gasteiger partial charge >= 0.3 is 5.97 Å². The van der Waals surface area contributed by atoms with Crippen molar-refractivity contribution in [1.82, 2.24) is 4.72 Å². The number of carboxylic acid groups (broad SMARTS) is 1. The molecule has 6 nitrogen and oxygen atoms in total. The van der Waals surface area contributed by atoms with Crippen molar-refractivity contribution in [3.05, 3.63) is 16.5 Å². The second-order valence-electron chi connectivity index (χ2n) is 4.71. The zero-order valence-electron chi connectivity index (χ0n) is 10.6. The molecule has 1 aliphatic rings. The Kier molecular flexibility index (Phi) is 4.41. The zero-order valence-corrected chi connectivity index (χ0v) is 13.0. The molecule has 1 aromatic rings. The lowest BCUT2D eigenvalue weighted by Gasteiger charge is -2.44. The lowest BCUT2D eigenvalue weighted by Crippen LogP contribution is -2.55. The Balaban J connectivity index is 1.99. The molecule has 0 unspecified atom stereocenters. The van der Waals surface area contributed by atoms with Crippen LogP contribution >= 0.6 is 22.9 Å². The normalized spacial score (nSPS) is 26.2. The molecule has 9 heteroatoms. The predicted octanol–water partition coefficient (Wildman–Crippen LogP) is 1.56. The Morgan fingerprint density at radius 3 is 2.70 bits per heavy atom. The highest BCUT2D eigenvalue weighted by atomic mass is 35.5. The molecule has 0 saturated heterocycles. The third kappa shape index (κ3) is 3.15. The Labute approximate surface area is 125 Å². The first-order valence-electron chi connectivity index (χ1n) is 5.81. The molecule has 1 saturated carbocycles. The van der Waals surface area contributed by atoms with E-state index in [9.17, 15) is 13.2 Å². The first-order chi connectivity index (χ1) is 9.28. The number of carbonyl (C=O) groups is 1. The fourth-order valence-corrected chi connectivity index (χ4v) is 4.78. The number of thiophene rings is 1. The summed E-state index contributed by atoms with van der Waals surface area (Å²) >= 11 is 6.68. The van der Waals surface area contributed by atoms with Gasteiger partial charge in [-0.25, -0.2) is 13.1 Å². The Hall–Kier alpha value is -0.670. The minimum absolute atomic E-state index is 0.0468. The van der Waals surface area contributed by atoms with Crippen LogP contribution in [-0.2, 0) is 19.6 Å². The molecule has 1 heterocycles. The van der Waals surface area contributed by atoms with Gasteiger partial charge in [-0.3, -0.25) is 4.79 Å². The second kappa shape index (κ2) is 5.61. The maximum absolute atomic E-state index is 12.0. The summed E-state index contributed by atoms with van der Waals surface area (Å²) in [6.45, 7) is 0.0468. The summed E-state index contributed by atoms with van der Waals surface area (Å²) < 4.78 is 32.3. The maximum atomic E-state index is 12.0. The first kappa shape index (κ1) is 15.7. The van der Waals surface area contributed by atoms with E-state index in [0.29, 0.717) is 17.2 Å². The van der Waals surface area contributed by atoms with Gasteiger partial charge in [-0.05, 0) is 25.0 Å². The van der Waals surface area contributed by atoms with E-state index in [4.69, 9.17) is 21.4 Å². The molecule has 112 valence electrons. The van der Waals surface area contributed by atoms with Crippen molar-refractivity contribution in [1.29, 1.82) is 0 Å². The first-order valence-corrected chi connectivity index (χ1v) is 8.49. The number of rotatable bonds is 6. The van der Waals surface area contributed by atoms with Crippen LogP contribution in [0.4, 0.5) is 0 Å². The van der Waals surface area contributed by atoms with Gasteiger partial charge in [0.25, 0.3) is 0 Å². The summed E-state index contributed by atoms with van der Waals surface area (Å²) in [4.78, 5) is 10.8. The molecule has 2 N–H and O–H groups in total. The number of sulfonamides is 1. The summed E-state index contributed by atoms with van der Waals surface area (Å²) in [5.41, 5.74) is -0.739. The Morgan fingerprint density at radius 1 is 1.60 bits per heavy atom. The van der Waals surface area contributed by atoms with E-state index >= 15 is 0 Å². The van der Waals surface area contributed by atoms with E-state index in [1.807, 2.05) is 0 Å². The molecule has 1 fully saturated rings. The lowest BCUT2D eigenvalue weighted by molar-refractivity contribution is -0.161. The molecular formula is C11H14ClNO5S2. The van der Waals surface area contributed by atoms with Crippen molar-refractivity contribution < 1.29 is 23.1 Å². The average molecular weight is 340 g/mol. The average Bonchev–Trinajstić information content (AvgIpc) is 2.75. The van der Waals surface area contributed by atoms with Crippen molar-refractivity contribution in [3.8, 4) is 0 Å². The topological polar surface area (TPSA) is 92.7 Å². The van der Waals surface area contributed by atoms with Crippen LogP contribution in [0.1, 0.15) is 12.8 Å². The number of aliphatic carboxylic acids is 1. The van der Waals surface area contributed by atoms with E-state index in [-0.39, 0.29) is 10.8 Å². The third-order valence-electron chi connectivity index (χ3n) is 3.42. The smallest absolute Gasteiger partial charge is 0.306 e. The highest BCUT2D eigenvalue weighted by Crippen LogP contribution is 2.40. The van der Waals surface area contributed by atoms with Crippen molar-refractivity contribution >= 4 is 38.9 Å². The Morgan fingerprint density at radius 2 is 2.25 bits per heavy atom. The van der Waals surface area contributed by atoms with E-state index < -0.39 is 27.5 Å². The number of ether oxygens (including phenoxy) is 1. The molecule has 0 radical (unpaired) electrons. The van der Waals surface area contributed by atoms with Crippen LogP contribution in [0.5, 0.6) is 0 Å². The van der Waals surface area contributed by atoms with Crippen molar-refractivity contribution in [2.75, 3.05) is 13.7 Å². The van der Waals surface area contributed by atoms with Crippen LogP contribution in [-0.4, -0.2) is 38.7 Å². The van der Waals surface area contributed by atoms with E-state index in [1.54, 1.807) is 0 Å². The maximum Gasteiger partial charge on any atom is 0.306 e. The van der Waals surface area contributed by atoms with Crippen LogP contribution in [0, 0.1) is 5.92 Å². The van der Waals surface area contributed by atoms with Gasteiger partial charge in [0.2, 0.25) is 10.0 Å². The van der Waals surface area contributed by atoms with Crippen LogP contribution in [0.2, 0.25) is 4.34 Å². The molecule has 0 amide bonds. The molecular weight excluding hydrogens is 326 g/mol. The number of nitrogens with one attached hydrogen (secondary N) is 1. The summed E-state index contributed by atoms with van der Waals surface area (Å²) in [5, 5.41) is 8.86. The number of methoxy groups -OCH3 is 1. The van der Waals surface area contributed by atoms with E-state index in [0.717, 1.165) is 11.3 Å². The molecule has 1 aromatic heterocycles. The van der Waals surface area contributed by atoms with Gasteiger partial charge in [-0.2, -0.15) is 0 Å². The molecule has 0 bridgehead atoms. The van der Waals surface area contributed by atoms with Gasteiger partial charge in [0.05, 0.1) is 15.9 Å². The van der Waals surface area contributed by atoms with Gasteiger partial charge in [-0.1, -0.05) is 11.6 Å². The third-order valence-corrected chi connectivity index (χ3v) is 6.54. The van der Waals surface area contributed by atoms with Crippen LogP contribution in [0.3, 0.4) is 0 Å². The van der Waals surface area contributed by atoms with Gasteiger partial charge in [0.1, 0.15) is 4.21 Å². The van der Waals surface area contributed by atoms with Crippen molar-refractivity contribution in [2.45, 2.75) is 22.7 Å². The van der Waals surface area contributed by atoms with E-state index in [1.165, 1.54) is 19.2 Å². The largest absolute Gasteiger partial charge is 0.481 e. The second-order valence-corrected chi connectivity index (χ2v) is 8.42. The highest BCUT2D eigenvalue weighted by molar-refractivity contribution is 7.91. The fraction of sp³-hybridized carbons (Fsp3) is 0.545. The zero-order chi connectivity index (χ0) is 15.0. The molecule has 20 heavy (non-hydrogen) atoms. The highest BCUT2D eigenvalue weighted by Gasteiger charge is 2.48. The molecule has 2 rings (SSSR count). The van der Waals surface area contributed by atoms with Gasteiger partial charge in [-0.15, -0.1) is 11.3 Å². The summed E-state index contributed by atoms with van der Waals surface area (Å²) in [5.74, 6) is -1.36. The molecule has 0 aromatic carbocycles. The predicted molar refractivity (Wildman–Crippen MR) is 74.6 cm³/mol. The van der Waals surface area contributed by atoms with Gasteiger partial charge in [0, 0.05) is 13.7 Å². The summed E-state index contributed by atoms with van der Waals surface area (Å²) in [6, 6.07) is 2.94. The minimum Gasteiger partial charge on any atom is -0.481 e. The standard InChI is InChI=1S/C11H14ClNO5S2/c1-18-11(4-7(5-11)10(14)15)6-13-20(16,17)9-3-2-8(12)19-9/h2-3,7,13H,4-6H2,1H3,(H,14,15). The number of carboxylic acids is 1. The SMILES string of the molecule is COC1(CNS(=O)(=O)c2ccc(Cl)s2)CC(C(=O)O)C1. The lowest BCUT2D eigenvalue weighted by atomic mass is 9.71. The van der Waals surface area contributed by atoms with Gasteiger partial charge in [0.15, 0.2) is 0 Å². The van der Waals surface area contributed by atoms with Crippen LogP contribution < -0.4 is 4.72 Å². The van der Waals surface area contributed by atoms with Crippen LogP contribution in [0.25, 0.3) is 0 Å². The number of hydrogen-bond donors (Lipinski definition) is 2. The summed E-state index contributed by atoms with van der Waals surface area (Å²) in [6.07, 6.45) is 0.596. The van der Waals surface area contributed by atoms with Crippen LogP contribution in [0.15, 0.2) is 16.3 Å². The minimum atomic E-state index is -3.64. The molecule has 0 aliphatic heterocycles. The van der Waals surface area contributed by atoms with Gasteiger partial charge < -0.3 is 9.84 Å². The Bertz CT molecular complexity index is 606. The number of hydrogen-bond acceptors (Lipinski definition) is 5. The molecule has 1 aliphatic carbocycles. The van der Waals surface area contributed by atoms with Crippen molar-refractivity contribution in [3.63, 3.8) is 0 Å². The fourth-order valence-electron chi connectivity index (χ4n) is 2.14. The quantitative estimate of drug-likeness (QED) is 0.820.